The number of para-hydroxylation sites is 2. The minimum absolute atomic E-state index is 0.167. The van der Waals surface area contributed by atoms with Gasteiger partial charge in [-0.05, 0) is 0 Å². The van der Waals surface area contributed by atoms with E-state index in [-0.39, 0.29) is 19.7 Å². The molecule has 0 aliphatic rings. The van der Waals surface area contributed by atoms with Crippen LogP contribution in [0.2, 0.25) is 0 Å². The number of esters is 1. The molecular formula is C21H17NO4SSe. The van der Waals surface area contributed by atoms with E-state index >= 15 is 0 Å². The second kappa shape index (κ2) is 9.99. The second-order valence-electron chi connectivity index (χ2n) is 5.54. The number of carbonyl (C=O) groups is 2. The molecule has 3 rings (SSSR count). The first-order valence-corrected chi connectivity index (χ1v) is 11.9. The van der Waals surface area contributed by atoms with Gasteiger partial charge in [-0.2, -0.15) is 0 Å². The van der Waals surface area contributed by atoms with E-state index < -0.39 is 5.97 Å². The van der Waals surface area contributed by atoms with Gasteiger partial charge in [-0.3, -0.25) is 0 Å². The fraction of sp³-hybridized carbons (Fsp3) is 0.0476. The molecule has 0 aliphatic carbocycles. The molecule has 0 unspecified atom stereocenters. The molecular weight excluding hydrogens is 441 g/mol. The normalized spacial score (nSPS) is 10.2. The molecule has 1 N–H and O–H groups in total. The van der Waals surface area contributed by atoms with Crippen LogP contribution in [0, 0.1) is 0 Å². The van der Waals surface area contributed by atoms with Crippen LogP contribution in [0.3, 0.4) is 0 Å². The summed E-state index contributed by atoms with van der Waals surface area (Å²) in [6.45, 7) is 0. The van der Waals surface area contributed by atoms with Crippen molar-refractivity contribution in [1.29, 1.82) is 0 Å². The molecule has 3 aromatic rings. The van der Waals surface area contributed by atoms with E-state index in [9.17, 15) is 9.59 Å². The number of amides is 1. The Morgan fingerprint density at radius 1 is 0.857 bits per heavy atom. The van der Waals surface area contributed by atoms with Gasteiger partial charge in [0.05, 0.1) is 0 Å². The van der Waals surface area contributed by atoms with Gasteiger partial charge in [0.15, 0.2) is 0 Å². The van der Waals surface area contributed by atoms with Crippen molar-refractivity contribution in [2.75, 3.05) is 12.4 Å². The summed E-state index contributed by atoms with van der Waals surface area (Å²) in [5, 5.41) is 2.90. The minimum atomic E-state index is -0.452. The van der Waals surface area contributed by atoms with Crippen LogP contribution in [0.1, 0.15) is 20.7 Å². The Labute approximate surface area is 172 Å². The van der Waals surface area contributed by atoms with Crippen LogP contribution in [0.4, 0.5) is 5.69 Å². The molecule has 0 radical (unpaired) electrons. The Kier molecular flexibility index (Phi) is 7.14. The van der Waals surface area contributed by atoms with Gasteiger partial charge in [0.1, 0.15) is 0 Å². The third-order valence-electron chi connectivity index (χ3n) is 3.70. The summed E-state index contributed by atoms with van der Waals surface area (Å²) in [4.78, 5) is 24.5. The zero-order valence-electron chi connectivity index (χ0n) is 15.0. The third kappa shape index (κ3) is 5.16. The number of ether oxygens (including phenoxy) is 1. The predicted molar refractivity (Wildman–Crippen MR) is 112 cm³/mol. The molecule has 0 bridgehead atoms. The summed E-state index contributed by atoms with van der Waals surface area (Å²) in [7, 11) is 2.55. The maximum atomic E-state index is 12.6. The fourth-order valence-corrected chi connectivity index (χ4v) is 5.38. The number of anilines is 1. The topological polar surface area (TPSA) is 64.6 Å². The number of nitrogens with one attached hydrogen (secondary N) is 1. The van der Waals surface area contributed by atoms with E-state index in [1.165, 1.54) is 17.6 Å². The molecule has 0 fully saturated rings. The summed E-state index contributed by atoms with van der Waals surface area (Å²) in [5.41, 5.74) is 1.71. The van der Waals surface area contributed by atoms with Crippen molar-refractivity contribution in [2.24, 2.45) is 0 Å². The molecule has 28 heavy (non-hydrogen) atoms. The second-order valence-corrected chi connectivity index (χ2v) is 8.84. The van der Waals surface area contributed by atoms with Crippen LogP contribution in [-0.4, -0.2) is 32.8 Å². The average Bonchev–Trinajstić information content (AvgIpc) is 2.74. The monoisotopic (exact) mass is 459 g/mol. The van der Waals surface area contributed by atoms with Crippen LogP contribution in [-0.2, 0) is 4.74 Å². The van der Waals surface area contributed by atoms with Crippen LogP contribution >= 0.6 is 10.5 Å². The van der Waals surface area contributed by atoms with Crippen molar-refractivity contribution in [3.05, 3.63) is 90.0 Å². The Bertz CT molecular complexity index is 965. The first-order valence-electron chi connectivity index (χ1n) is 8.33. The van der Waals surface area contributed by atoms with Crippen molar-refractivity contribution >= 4 is 46.3 Å². The van der Waals surface area contributed by atoms with Gasteiger partial charge < -0.3 is 0 Å². The summed E-state index contributed by atoms with van der Waals surface area (Å²) < 4.78 is 11.4. The molecule has 7 heteroatoms. The molecule has 0 atom stereocenters. The zero-order valence-corrected chi connectivity index (χ0v) is 17.5. The van der Waals surface area contributed by atoms with E-state index in [1.807, 2.05) is 48.5 Å². The molecule has 0 heterocycles. The Balaban J connectivity index is 1.68. The molecule has 1 amide bonds. The van der Waals surface area contributed by atoms with Crippen molar-refractivity contribution in [2.45, 2.75) is 0 Å². The third-order valence-corrected chi connectivity index (χ3v) is 6.93. The summed E-state index contributed by atoms with van der Waals surface area (Å²) in [6.07, 6.45) is 0. The number of hydrogen-bond acceptors (Lipinski definition) is 5. The molecule has 3 aromatic carbocycles. The van der Waals surface area contributed by atoms with Gasteiger partial charge >= 0.3 is 173 Å². The molecule has 0 saturated heterocycles. The van der Waals surface area contributed by atoms with E-state index in [0.29, 0.717) is 16.9 Å². The molecule has 0 spiro atoms. The average molecular weight is 458 g/mol. The van der Waals surface area contributed by atoms with Gasteiger partial charge in [-0.1, -0.05) is 0 Å². The van der Waals surface area contributed by atoms with E-state index in [1.54, 1.807) is 30.3 Å². The van der Waals surface area contributed by atoms with Gasteiger partial charge in [0.25, 0.3) is 0 Å². The number of carbonyl (C=O) groups excluding carboxylic acids is 2. The van der Waals surface area contributed by atoms with Crippen molar-refractivity contribution < 1.29 is 18.5 Å². The van der Waals surface area contributed by atoms with Crippen LogP contribution < -0.4 is 14.0 Å². The first kappa shape index (κ1) is 20.0. The van der Waals surface area contributed by atoms with Crippen molar-refractivity contribution in [1.82, 2.24) is 0 Å². The maximum absolute atomic E-state index is 12.6. The van der Waals surface area contributed by atoms with Crippen LogP contribution in [0.25, 0.3) is 0 Å². The number of benzene rings is 3. The quantitative estimate of drug-likeness (QED) is 0.332. The molecule has 0 saturated carbocycles. The Hall–Kier alpha value is -2.73. The number of methoxy groups -OCH3 is 1. The van der Waals surface area contributed by atoms with Gasteiger partial charge in [0, 0.05) is 0 Å². The summed E-state index contributed by atoms with van der Waals surface area (Å²) >= 11 is -0.201. The molecule has 0 aliphatic heterocycles. The van der Waals surface area contributed by atoms with Crippen LogP contribution in [0.15, 0.2) is 78.9 Å². The first-order chi connectivity index (χ1) is 13.7. The Morgan fingerprint density at radius 2 is 1.50 bits per heavy atom. The zero-order chi connectivity index (χ0) is 19.8. The fourth-order valence-electron chi connectivity index (χ4n) is 2.36. The molecule has 5 nitrogen and oxygen atoms in total. The number of hydrogen-bond donors (Lipinski definition) is 1. The van der Waals surface area contributed by atoms with Crippen molar-refractivity contribution in [3.8, 4) is 5.75 Å². The SMILES string of the molecule is COC(=O)c1ccccc1OS[Se]c1ccccc1C(=O)Nc1ccccc1. The van der Waals surface area contributed by atoms with Crippen molar-refractivity contribution in [3.63, 3.8) is 0 Å². The van der Waals surface area contributed by atoms with Crippen LogP contribution in [0.5, 0.6) is 5.75 Å². The van der Waals surface area contributed by atoms with E-state index in [2.05, 4.69) is 5.32 Å². The standard InChI is InChI=1S/C21H17NO4SSe/c1-25-21(24)16-11-5-7-13-18(16)26-27-28-19-14-8-6-12-17(19)20(23)22-15-9-3-2-4-10-15/h2-14H,1H3,(H,22,23). The van der Waals surface area contributed by atoms with E-state index in [0.717, 1.165) is 10.1 Å². The van der Waals surface area contributed by atoms with Gasteiger partial charge in [-0.15, -0.1) is 0 Å². The van der Waals surface area contributed by atoms with E-state index in [4.69, 9.17) is 8.92 Å². The Morgan fingerprint density at radius 3 is 2.25 bits per heavy atom. The number of rotatable bonds is 7. The molecule has 0 aromatic heterocycles. The predicted octanol–water partition coefficient (Wildman–Crippen LogP) is 3.70. The molecule has 142 valence electrons. The van der Waals surface area contributed by atoms with Gasteiger partial charge in [0.2, 0.25) is 0 Å². The summed E-state index contributed by atoms with van der Waals surface area (Å²) in [6, 6.07) is 23.6. The van der Waals surface area contributed by atoms with Gasteiger partial charge in [-0.25, -0.2) is 0 Å². The summed E-state index contributed by atoms with van der Waals surface area (Å²) in [5.74, 6) is -0.182.